The Morgan fingerprint density at radius 2 is 1.94 bits per heavy atom. The maximum Gasteiger partial charge on any atom is 0.147 e. The highest BCUT2D eigenvalue weighted by Gasteiger charge is 2.07. The molecule has 0 amide bonds. The van der Waals surface area contributed by atoms with Crippen LogP contribution in [-0.4, -0.2) is 16.0 Å². The number of hydrogen-bond donors (Lipinski definition) is 1. The minimum Gasteiger partial charge on any atom is -0.367 e. The van der Waals surface area contributed by atoms with Gasteiger partial charge in [0.1, 0.15) is 12.1 Å². The third kappa shape index (κ3) is 2.70. The van der Waals surface area contributed by atoms with Gasteiger partial charge in [-0.25, -0.2) is 9.97 Å². The Morgan fingerprint density at radius 3 is 2.56 bits per heavy atom. The fraction of sp³-hybridized carbons (Fsp3) is 0.500. The molecule has 0 aliphatic rings. The molecule has 0 saturated heterocycles. The van der Waals surface area contributed by atoms with E-state index in [9.17, 15) is 0 Å². The molecule has 0 saturated carbocycles. The van der Waals surface area contributed by atoms with E-state index in [0.29, 0.717) is 6.04 Å². The zero-order valence-corrected chi connectivity index (χ0v) is 11.4. The van der Waals surface area contributed by atoms with E-state index in [-0.39, 0.29) is 0 Å². The van der Waals surface area contributed by atoms with Crippen molar-refractivity contribution in [3.05, 3.63) is 17.3 Å². The standard InChI is InChI=1S/C10H13N3S.C2H6/c1-6(2)13-10-9-8(11-5-12-10)7(3)4-14-9;1-2/h4-6H,1-3H3,(H,11,12,13);1-2H3. The molecule has 0 spiro atoms. The Morgan fingerprint density at radius 1 is 1.25 bits per heavy atom. The number of rotatable bonds is 2. The van der Waals surface area contributed by atoms with Crippen LogP contribution in [0.3, 0.4) is 0 Å². The predicted octanol–water partition coefficient (Wildman–Crippen LogP) is 3.85. The molecule has 2 heterocycles. The molecule has 0 unspecified atom stereocenters. The van der Waals surface area contributed by atoms with Crippen LogP contribution < -0.4 is 5.32 Å². The highest BCUT2D eigenvalue weighted by Crippen LogP contribution is 2.28. The summed E-state index contributed by atoms with van der Waals surface area (Å²) in [7, 11) is 0. The lowest BCUT2D eigenvalue weighted by molar-refractivity contribution is 0.891. The van der Waals surface area contributed by atoms with Gasteiger partial charge in [-0.3, -0.25) is 0 Å². The Balaban J connectivity index is 0.000000606. The van der Waals surface area contributed by atoms with E-state index in [1.807, 2.05) is 13.8 Å². The normalized spacial score (nSPS) is 10.1. The van der Waals surface area contributed by atoms with Crippen LogP contribution in [-0.2, 0) is 0 Å². The summed E-state index contributed by atoms with van der Waals surface area (Å²) in [5, 5.41) is 5.44. The molecule has 0 radical (unpaired) electrons. The van der Waals surface area contributed by atoms with Crippen molar-refractivity contribution in [1.82, 2.24) is 9.97 Å². The quantitative estimate of drug-likeness (QED) is 0.862. The summed E-state index contributed by atoms with van der Waals surface area (Å²) >= 11 is 1.70. The number of nitrogens with zero attached hydrogens (tertiary/aromatic N) is 2. The minimum atomic E-state index is 0.399. The third-order valence-corrected chi connectivity index (χ3v) is 3.05. The number of aromatic nitrogens is 2. The average molecular weight is 237 g/mol. The number of nitrogens with one attached hydrogen (secondary N) is 1. The average Bonchev–Trinajstić information content (AvgIpc) is 2.64. The summed E-state index contributed by atoms with van der Waals surface area (Å²) in [5.41, 5.74) is 2.28. The van der Waals surface area contributed by atoms with Gasteiger partial charge in [0.25, 0.3) is 0 Å². The van der Waals surface area contributed by atoms with Crippen molar-refractivity contribution in [2.75, 3.05) is 5.32 Å². The van der Waals surface area contributed by atoms with Crippen LogP contribution in [0.5, 0.6) is 0 Å². The van der Waals surface area contributed by atoms with Crippen LogP contribution in [0.25, 0.3) is 10.2 Å². The Bertz CT molecular complexity index is 448. The lowest BCUT2D eigenvalue weighted by atomic mass is 10.3. The van der Waals surface area contributed by atoms with Crippen molar-refractivity contribution in [2.24, 2.45) is 0 Å². The largest absolute Gasteiger partial charge is 0.367 e. The van der Waals surface area contributed by atoms with Gasteiger partial charge in [-0.2, -0.15) is 0 Å². The molecule has 2 rings (SSSR count). The summed E-state index contributed by atoms with van der Waals surface area (Å²) in [6, 6.07) is 0.399. The van der Waals surface area contributed by atoms with Crippen molar-refractivity contribution in [3.63, 3.8) is 0 Å². The molecule has 3 nitrogen and oxygen atoms in total. The van der Waals surface area contributed by atoms with Gasteiger partial charge >= 0.3 is 0 Å². The van der Waals surface area contributed by atoms with Crippen molar-refractivity contribution in [2.45, 2.75) is 40.7 Å². The van der Waals surface area contributed by atoms with Crippen LogP contribution >= 0.6 is 11.3 Å². The molecule has 0 atom stereocenters. The molecule has 0 bridgehead atoms. The summed E-state index contributed by atoms with van der Waals surface area (Å²) in [5.74, 6) is 0.947. The second-order valence-corrected chi connectivity index (χ2v) is 4.50. The van der Waals surface area contributed by atoms with E-state index < -0.39 is 0 Å². The zero-order valence-electron chi connectivity index (χ0n) is 10.5. The van der Waals surface area contributed by atoms with Crippen molar-refractivity contribution in [1.29, 1.82) is 0 Å². The Kier molecular flexibility index (Phi) is 4.68. The number of thiophene rings is 1. The molecule has 1 N–H and O–H groups in total. The van der Waals surface area contributed by atoms with Crippen molar-refractivity contribution < 1.29 is 0 Å². The molecule has 0 aliphatic heterocycles. The van der Waals surface area contributed by atoms with Gasteiger partial charge in [0.2, 0.25) is 0 Å². The van der Waals surface area contributed by atoms with E-state index in [0.717, 1.165) is 16.0 Å². The van der Waals surface area contributed by atoms with Crippen LogP contribution in [0.15, 0.2) is 11.7 Å². The highest BCUT2D eigenvalue weighted by molar-refractivity contribution is 7.18. The molecule has 88 valence electrons. The van der Waals surface area contributed by atoms with Crippen LogP contribution in [0.2, 0.25) is 0 Å². The highest BCUT2D eigenvalue weighted by atomic mass is 32.1. The molecular weight excluding hydrogens is 218 g/mol. The number of anilines is 1. The van der Waals surface area contributed by atoms with E-state index in [4.69, 9.17) is 0 Å². The fourth-order valence-electron chi connectivity index (χ4n) is 1.35. The molecule has 0 aliphatic carbocycles. The molecule has 0 fully saturated rings. The molecule has 4 heteroatoms. The second-order valence-electron chi connectivity index (χ2n) is 3.62. The Hall–Kier alpha value is -1.16. The van der Waals surface area contributed by atoms with Gasteiger partial charge in [0.05, 0.1) is 10.2 Å². The first kappa shape index (κ1) is 12.9. The lowest BCUT2D eigenvalue weighted by Gasteiger charge is -2.08. The number of aryl methyl sites for hydroxylation is 1. The van der Waals surface area contributed by atoms with Crippen LogP contribution in [0.1, 0.15) is 33.3 Å². The smallest absolute Gasteiger partial charge is 0.147 e. The first-order valence-corrected chi connectivity index (χ1v) is 6.52. The zero-order chi connectivity index (χ0) is 12.1. The first-order chi connectivity index (χ1) is 7.68. The van der Waals surface area contributed by atoms with Gasteiger partial charge < -0.3 is 5.32 Å². The predicted molar refractivity (Wildman–Crippen MR) is 72.3 cm³/mol. The topological polar surface area (TPSA) is 37.8 Å². The van der Waals surface area contributed by atoms with Gasteiger partial charge in [0, 0.05) is 6.04 Å². The van der Waals surface area contributed by atoms with Crippen LogP contribution in [0.4, 0.5) is 5.82 Å². The van der Waals surface area contributed by atoms with Gasteiger partial charge in [-0.15, -0.1) is 11.3 Å². The second kappa shape index (κ2) is 5.80. The minimum absolute atomic E-state index is 0.399. The molecule has 2 aromatic heterocycles. The SMILES string of the molecule is CC.Cc1csc2c(NC(C)C)ncnc12. The summed E-state index contributed by atoms with van der Waals surface area (Å²) < 4.78 is 1.15. The van der Waals surface area contributed by atoms with Crippen molar-refractivity contribution >= 4 is 27.4 Å². The Labute approximate surface area is 101 Å². The summed E-state index contributed by atoms with van der Waals surface area (Å²) in [6.45, 7) is 10.3. The van der Waals surface area contributed by atoms with Gasteiger partial charge in [-0.05, 0) is 31.7 Å². The van der Waals surface area contributed by atoms with Crippen molar-refractivity contribution in [3.8, 4) is 0 Å². The number of hydrogen-bond acceptors (Lipinski definition) is 4. The maximum atomic E-state index is 4.27. The first-order valence-electron chi connectivity index (χ1n) is 5.64. The molecular formula is C12H19N3S. The van der Waals surface area contributed by atoms with Gasteiger partial charge in [-0.1, -0.05) is 13.8 Å². The fourth-order valence-corrected chi connectivity index (χ4v) is 2.30. The third-order valence-electron chi connectivity index (χ3n) is 1.96. The van der Waals surface area contributed by atoms with E-state index >= 15 is 0 Å². The van der Waals surface area contributed by atoms with Crippen LogP contribution in [0, 0.1) is 6.92 Å². The summed E-state index contributed by atoms with van der Waals surface area (Å²) in [4.78, 5) is 8.52. The molecule has 16 heavy (non-hydrogen) atoms. The van der Waals surface area contributed by atoms with E-state index in [2.05, 4.69) is 41.4 Å². The maximum absolute atomic E-state index is 4.27. The number of fused-ring (bicyclic) bond motifs is 1. The molecule has 0 aromatic carbocycles. The lowest BCUT2D eigenvalue weighted by Crippen LogP contribution is -2.11. The molecule has 2 aromatic rings. The summed E-state index contributed by atoms with van der Waals surface area (Å²) in [6.07, 6.45) is 1.62. The van der Waals surface area contributed by atoms with E-state index in [1.165, 1.54) is 5.56 Å². The monoisotopic (exact) mass is 237 g/mol. The van der Waals surface area contributed by atoms with E-state index in [1.54, 1.807) is 17.7 Å². The van der Waals surface area contributed by atoms with Gasteiger partial charge in [0.15, 0.2) is 0 Å².